The van der Waals surface area contributed by atoms with Crippen molar-refractivity contribution in [3.63, 3.8) is 0 Å². The van der Waals surface area contributed by atoms with E-state index in [2.05, 4.69) is 49.5 Å². The highest BCUT2D eigenvalue weighted by Crippen LogP contribution is 2.30. The molecular formula is C18H23NO2. The third-order valence-corrected chi connectivity index (χ3v) is 3.71. The standard InChI is InChI=1S/C18H23NO2/c1-13(15-8-6-5-7-9-15)19-14(2)16-10-11-17(20-3)18(12-16)21-4/h5-14,19H,1-4H3. The van der Waals surface area contributed by atoms with Gasteiger partial charge in [-0.2, -0.15) is 0 Å². The molecule has 0 spiro atoms. The van der Waals surface area contributed by atoms with Gasteiger partial charge in [0, 0.05) is 12.1 Å². The molecule has 0 aliphatic rings. The normalized spacial score (nSPS) is 13.5. The third kappa shape index (κ3) is 3.76. The van der Waals surface area contributed by atoms with Crippen molar-refractivity contribution in [2.45, 2.75) is 25.9 Å². The fourth-order valence-corrected chi connectivity index (χ4v) is 2.43. The lowest BCUT2D eigenvalue weighted by Gasteiger charge is -2.21. The molecule has 2 unspecified atom stereocenters. The maximum atomic E-state index is 5.36. The lowest BCUT2D eigenvalue weighted by Crippen LogP contribution is -2.22. The van der Waals surface area contributed by atoms with Gasteiger partial charge in [-0.25, -0.2) is 0 Å². The summed E-state index contributed by atoms with van der Waals surface area (Å²) < 4.78 is 10.6. The Kier molecular flexibility index (Phi) is 5.23. The highest BCUT2D eigenvalue weighted by Gasteiger charge is 2.13. The van der Waals surface area contributed by atoms with Crippen LogP contribution in [0.3, 0.4) is 0 Å². The summed E-state index contributed by atoms with van der Waals surface area (Å²) in [5, 5.41) is 3.60. The van der Waals surface area contributed by atoms with Gasteiger partial charge in [0.25, 0.3) is 0 Å². The number of ether oxygens (including phenoxy) is 2. The van der Waals surface area contributed by atoms with Crippen LogP contribution in [-0.2, 0) is 0 Å². The Morgan fingerprint density at radius 1 is 0.762 bits per heavy atom. The molecule has 0 bridgehead atoms. The summed E-state index contributed by atoms with van der Waals surface area (Å²) in [7, 11) is 3.31. The second-order valence-electron chi connectivity index (χ2n) is 5.14. The van der Waals surface area contributed by atoms with Gasteiger partial charge in [-0.15, -0.1) is 0 Å². The largest absolute Gasteiger partial charge is 0.493 e. The smallest absolute Gasteiger partial charge is 0.161 e. The van der Waals surface area contributed by atoms with Crippen LogP contribution >= 0.6 is 0 Å². The fourth-order valence-electron chi connectivity index (χ4n) is 2.43. The van der Waals surface area contributed by atoms with Crippen LogP contribution in [0.5, 0.6) is 11.5 Å². The van der Waals surface area contributed by atoms with Crippen molar-refractivity contribution >= 4 is 0 Å². The molecule has 1 N–H and O–H groups in total. The van der Waals surface area contributed by atoms with Crippen LogP contribution in [0.25, 0.3) is 0 Å². The highest BCUT2D eigenvalue weighted by molar-refractivity contribution is 5.43. The molecule has 2 aromatic carbocycles. The predicted molar refractivity (Wildman–Crippen MR) is 86.0 cm³/mol. The minimum Gasteiger partial charge on any atom is -0.493 e. The van der Waals surface area contributed by atoms with Crippen molar-refractivity contribution in [2.24, 2.45) is 0 Å². The van der Waals surface area contributed by atoms with Crippen molar-refractivity contribution in [1.82, 2.24) is 5.32 Å². The number of benzene rings is 2. The van der Waals surface area contributed by atoms with Gasteiger partial charge in [0.05, 0.1) is 14.2 Å². The van der Waals surface area contributed by atoms with E-state index in [9.17, 15) is 0 Å². The quantitative estimate of drug-likeness (QED) is 0.866. The lowest BCUT2D eigenvalue weighted by molar-refractivity contribution is 0.353. The van der Waals surface area contributed by atoms with Crippen LogP contribution in [-0.4, -0.2) is 14.2 Å². The fraction of sp³-hybridized carbons (Fsp3) is 0.333. The average Bonchev–Trinajstić information content (AvgIpc) is 2.54. The van der Waals surface area contributed by atoms with Crippen LogP contribution in [0.1, 0.15) is 37.1 Å². The zero-order chi connectivity index (χ0) is 15.2. The lowest BCUT2D eigenvalue weighted by atomic mass is 10.0. The molecule has 0 saturated carbocycles. The van der Waals surface area contributed by atoms with Crippen LogP contribution < -0.4 is 14.8 Å². The predicted octanol–water partition coefficient (Wildman–Crippen LogP) is 4.12. The third-order valence-electron chi connectivity index (χ3n) is 3.71. The Morgan fingerprint density at radius 3 is 2.00 bits per heavy atom. The molecule has 112 valence electrons. The molecular weight excluding hydrogens is 262 g/mol. The van der Waals surface area contributed by atoms with Gasteiger partial charge < -0.3 is 14.8 Å². The van der Waals surface area contributed by atoms with Crippen molar-refractivity contribution in [1.29, 1.82) is 0 Å². The minimum atomic E-state index is 0.222. The molecule has 0 heterocycles. The summed E-state index contributed by atoms with van der Waals surface area (Å²) in [4.78, 5) is 0. The molecule has 0 saturated heterocycles. The van der Waals surface area contributed by atoms with Crippen LogP contribution in [0.2, 0.25) is 0 Å². The van der Waals surface area contributed by atoms with Gasteiger partial charge in [-0.3, -0.25) is 0 Å². The summed E-state index contributed by atoms with van der Waals surface area (Å²) in [6.45, 7) is 4.33. The molecule has 2 atom stereocenters. The zero-order valence-corrected chi connectivity index (χ0v) is 13.1. The van der Waals surface area contributed by atoms with E-state index in [1.54, 1.807) is 14.2 Å². The molecule has 2 rings (SSSR count). The molecule has 0 aliphatic carbocycles. The molecule has 0 aliphatic heterocycles. The van der Waals surface area contributed by atoms with E-state index in [4.69, 9.17) is 9.47 Å². The maximum absolute atomic E-state index is 5.36. The molecule has 0 amide bonds. The Bertz CT molecular complexity index is 569. The Labute approximate surface area is 126 Å². The Hall–Kier alpha value is -2.00. The monoisotopic (exact) mass is 285 g/mol. The first-order chi connectivity index (χ1) is 10.2. The van der Waals surface area contributed by atoms with Crippen LogP contribution in [0.15, 0.2) is 48.5 Å². The van der Waals surface area contributed by atoms with Crippen molar-refractivity contribution < 1.29 is 9.47 Å². The maximum Gasteiger partial charge on any atom is 0.161 e. The van der Waals surface area contributed by atoms with Crippen molar-refractivity contribution in [2.75, 3.05) is 14.2 Å². The number of nitrogens with one attached hydrogen (secondary N) is 1. The molecule has 0 aromatic heterocycles. The van der Waals surface area contributed by atoms with Gasteiger partial charge in [-0.1, -0.05) is 36.4 Å². The second kappa shape index (κ2) is 7.14. The zero-order valence-electron chi connectivity index (χ0n) is 13.1. The Morgan fingerprint density at radius 2 is 1.38 bits per heavy atom. The van der Waals surface area contributed by atoms with Gasteiger partial charge in [-0.05, 0) is 37.1 Å². The van der Waals surface area contributed by atoms with Gasteiger partial charge in [0.2, 0.25) is 0 Å². The molecule has 21 heavy (non-hydrogen) atoms. The Balaban J connectivity index is 2.11. The molecule has 2 aromatic rings. The first kappa shape index (κ1) is 15.4. The number of hydrogen-bond donors (Lipinski definition) is 1. The summed E-state index contributed by atoms with van der Waals surface area (Å²) in [6, 6.07) is 17.0. The van der Waals surface area contributed by atoms with Crippen molar-refractivity contribution in [3.8, 4) is 11.5 Å². The van der Waals surface area contributed by atoms with E-state index in [0.717, 1.165) is 11.5 Å². The molecule has 3 heteroatoms. The molecule has 3 nitrogen and oxygen atoms in total. The summed E-state index contributed by atoms with van der Waals surface area (Å²) in [5.74, 6) is 1.51. The minimum absolute atomic E-state index is 0.222. The first-order valence-corrected chi connectivity index (χ1v) is 7.18. The van der Waals surface area contributed by atoms with E-state index in [0.29, 0.717) is 0 Å². The van der Waals surface area contributed by atoms with E-state index < -0.39 is 0 Å². The highest BCUT2D eigenvalue weighted by atomic mass is 16.5. The summed E-state index contributed by atoms with van der Waals surface area (Å²) >= 11 is 0. The topological polar surface area (TPSA) is 30.5 Å². The number of methoxy groups -OCH3 is 2. The van der Waals surface area contributed by atoms with Crippen molar-refractivity contribution in [3.05, 3.63) is 59.7 Å². The van der Waals surface area contributed by atoms with E-state index >= 15 is 0 Å². The van der Waals surface area contributed by atoms with Gasteiger partial charge >= 0.3 is 0 Å². The summed E-state index contributed by atoms with van der Waals surface area (Å²) in [6.07, 6.45) is 0. The number of hydrogen-bond acceptors (Lipinski definition) is 3. The van der Waals surface area contributed by atoms with Crippen LogP contribution in [0, 0.1) is 0 Å². The van der Waals surface area contributed by atoms with E-state index in [1.165, 1.54) is 11.1 Å². The number of rotatable bonds is 6. The molecule has 0 fully saturated rings. The van der Waals surface area contributed by atoms with Gasteiger partial charge in [0.15, 0.2) is 11.5 Å². The second-order valence-corrected chi connectivity index (χ2v) is 5.14. The average molecular weight is 285 g/mol. The van der Waals surface area contributed by atoms with Gasteiger partial charge in [0.1, 0.15) is 0 Å². The van der Waals surface area contributed by atoms with Crippen LogP contribution in [0.4, 0.5) is 0 Å². The SMILES string of the molecule is COc1ccc(C(C)NC(C)c2ccccc2)cc1OC. The summed E-state index contributed by atoms with van der Waals surface area (Å²) in [5.41, 5.74) is 2.46. The van der Waals surface area contributed by atoms with E-state index in [-0.39, 0.29) is 12.1 Å². The molecule has 0 radical (unpaired) electrons. The van der Waals surface area contributed by atoms with E-state index in [1.807, 2.05) is 18.2 Å². The first-order valence-electron chi connectivity index (χ1n) is 7.18.